The molecule has 0 radical (unpaired) electrons. The van der Waals surface area contributed by atoms with Crippen LogP contribution in [-0.4, -0.2) is 61.7 Å². The summed E-state index contributed by atoms with van der Waals surface area (Å²) in [5.74, 6) is -4.00. The summed E-state index contributed by atoms with van der Waals surface area (Å²) in [5.41, 5.74) is -1.18. The minimum Gasteiger partial charge on any atom is -0.493 e. The Bertz CT molecular complexity index is 1810. The van der Waals surface area contributed by atoms with Gasteiger partial charge in [0.1, 0.15) is 11.4 Å². The van der Waals surface area contributed by atoms with Crippen molar-refractivity contribution in [2.45, 2.75) is 113 Å². The first-order valence-corrected chi connectivity index (χ1v) is 19.5. The predicted octanol–water partition coefficient (Wildman–Crippen LogP) is 7.66. The van der Waals surface area contributed by atoms with Gasteiger partial charge in [0.05, 0.1) is 11.5 Å². The highest BCUT2D eigenvalue weighted by Gasteiger charge is 2.54. The number of piperidine rings is 1. The third kappa shape index (κ3) is 8.26. The number of halogens is 3. The molecule has 1 saturated carbocycles. The van der Waals surface area contributed by atoms with Gasteiger partial charge in [-0.25, -0.2) is 13.2 Å². The predicted molar refractivity (Wildman–Crippen MR) is 190 cm³/mol. The van der Waals surface area contributed by atoms with Crippen molar-refractivity contribution in [3.05, 3.63) is 70.7 Å². The molecule has 3 fully saturated rings. The van der Waals surface area contributed by atoms with Crippen LogP contribution in [0.3, 0.4) is 0 Å². The van der Waals surface area contributed by atoms with Gasteiger partial charge in [0.25, 0.3) is 5.92 Å². The van der Waals surface area contributed by atoms with Crippen LogP contribution in [-0.2, 0) is 25.5 Å². The fourth-order valence-corrected chi connectivity index (χ4v) is 9.05. The molecule has 2 N–H and O–H groups in total. The Labute approximate surface area is 300 Å². The first kappa shape index (κ1) is 36.5. The Morgan fingerprint density at radius 3 is 2.18 bits per heavy atom. The Morgan fingerprint density at radius 1 is 0.920 bits per heavy atom. The Kier molecular flexibility index (Phi) is 10.5. The molecule has 0 aromatic heterocycles. The zero-order chi connectivity index (χ0) is 35.8. The van der Waals surface area contributed by atoms with Crippen molar-refractivity contribution in [3.63, 3.8) is 0 Å². The van der Waals surface area contributed by atoms with E-state index < -0.39 is 57.2 Å². The SMILES string of the molecule is CC(C)(C)OC(=O)NC1CC2CCC(C1)N2C(=O)C(NS(=O)(=O)c1ccc(OCC2CCCC2)cc1)C(F)(F)c1ccc2cc(Br)ccc2c1. The number of alkyl halides is 2. The Hall–Kier alpha value is -3.29. The number of hydrogen-bond acceptors (Lipinski definition) is 6. The van der Waals surface area contributed by atoms with Crippen LogP contribution in [0.1, 0.15) is 77.7 Å². The average Bonchev–Trinajstić information content (AvgIpc) is 3.67. The largest absolute Gasteiger partial charge is 0.493 e. The van der Waals surface area contributed by atoms with E-state index in [0.29, 0.717) is 54.7 Å². The molecule has 3 aromatic rings. The lowest BCUT2D eigenvalue weighted by atomic mass is 9.93. The van der Waals surface area contributed by atoms with Gasteiger partial charge in [-0.2, -0.15) is 13.5 Å². The van der Waals surface area contributed by atoms with Crippen LogP contribution in [0.25, 0.3) is 10.8 Å². The average molecular weight is 777 g/mol. The Morgan fingerprint density at radius 2 is 1.54 bits per heavy atom. The fraction of sp³-hybridized carbons (Fsp3) is 0.514. The van der Waals surface area contributed by atoms with Crippen molar-refractivity contribution in [2.75, 3.05) is 6.61 Å². The maximum atomic E-state index is 16.8. The first-order valence-electron chi connectivity index (χ1n) is 17.2. The number of benzene rings is 3. The highest BCUT2D eigenvalue weighted by molar-refractivity contribution is 9.10. The lowest BCUT2D eigenvalue weighted by Gasteiger charge is -2.42. The second kappa shape index (κ2) is 14.4. The summed E-state index contributed by atoms with van der Waals surface area (Å²) in [7, 11) is -4.60. The molecule has 50 heavy (non-hydrogen) atoms. The van der Waals surface area contributed by atoms with E-state index in [-0.39, 0.29) is 10.9 Å². The minimum absolute atomic E-state index is 0.258. The van der Waals surface area contributed by atoms with Crippen LogP contribution in [0, 0.1) is 5.92 Å². The number of carbonyl (C=O) groups is 2. The number of alkyl carbamates (subject to hydrolysis) is 1. The number of ether oxygens (including phenoxy) is 2. The lowest BCUT2D eigenvalue weighted by molar-refractivity contribution is -0.149. The number of rotatable bonds is 10. The third-order valence-electron chi connectivity index (χ3n) is 9.87. The van der Waals surface area contributed by atoms with Crippen molar-refractivity contribution >= 4 is 48.7 Å². The lowest BCUT2D eigenvalue weighted by Crippen LogP contribution is -2.61. The zero-order valence-electron chi connectivity index (χ0n) is 28.5. The van der Waals surface area contributed by atoms with Crippen LogP contribution in [0.4, 0.5) is 13.6 Å². The van der Waals surface area contributed by atoms with Crippen molar-refractivity contribution < 1.29 is 36.3 Å². The van der Waals surface area contributed by atoms with Gasteiger partial charge >= 0.3 is 6.09 Å². The van der Waals surface area contributed by atoms with Gasteiger partial charge in [0, 0.05) is 28.2 Å². The van der Waals surface area contributed by atoms with Crippen LogP contribution in [0.5, 0.6) is 5.75 Å². The number of amides is 2. The fourth-order valence-electron chi connectivity index (χ4n) is 7.48. The standard InChI is InChI=1S/C37H44BrF2N3O6S/c1-36(2,3)49-35(45)41-28-20-29-12-13-30(21-28)43(29)34(44)33(37(39,40)26-10-8-25-19-27(38)11-9-24(25)18-26)42-50(46,47)32-16-14-31(15-17-32)48-22-23-6-4-5-7-23/h8-11,14-19,23,28-30,33,42H,4-7,12-13,20-22H2,1-3H3,(H,41,45). The zero-order valence-corrected chi connectivity index (χ0v) is 30.9. The van der Waals surface area contributed by atoms with Crippen molar-refractivity contribution in [3.8, 4) is 5.75 Å². The molecule has 2 aliphatic heterocycles. The maximum absolute atomic E-state index is 16.8. The van der Waals surface area contributed by atoms with Gasteiger partial charge in [-0.1, -0.05) is 47.0 Å². The van der Waals surface area contributed by atoms with Gasteiger partial charge in [0.15, 0.2) is 6.04 Å². The number of nitrogens with zero attached hydrogens (tertiary/aromatic N) is 1. The first-order chi connectivity index (χ1) is 23.6. The summed E-state index contributed by atoms with van der Waals surface area (Å²) < 4.78 is 75.3. The van der Waals surface area contributed by atoms with Crippen LogP contribution in [0.2, 0.25) is 0 Å². The summed E-state index contributed by atoms with van der Waals surface area (Å²) in [6.45, 7) is 5.80. The summed E-state index contributed by atoms with van der Waals surface area (Å²) in [4.78, 5) is 28.0. The molecule has 3 aromatic carbocycles. The van der Waals surface area contributed by atoms with E-state index in [1.165, 1.54) is 60.2 Å². The molecule has 6 rings (SSSR count). The van der Waals surface area contributed by atoms with E-state index in [0.717, 1.165) is 17.3 Å². The number of sulfonamides is 1. The quantitative estimate of drug-likeness (QED) is 0.219. The number of nitrogens with one attached hydrogen (secondary N) is 2. The molecule has 0 spiro atoms. The van der Waals surface area contributed by atoms with E-state index in [4.69, 9.17) is 9.47 Å². The molecule has 2 amide bonds. The molecule has 3 unspecified atom stereocenters. The van der Waals surface area contributed by atoms with Crippen LogP contribution < -0.4 is 14.8 Å². The van der Waals surface area contributed by atoms with E-state index in [1.54, 1.807) is 39.0 Å². The molecular formula is C37H44BrF2N3O6S. The monoisotopic (exact) mass is 775 g/mol. The highest BCUT2D eigenvalue weighted by Crippen LogP contribution is 2.41. The van der Waals surface area contributed by atoms with Gasteiger partial charge in [-0.05, 0) is 118 Å². The molecule has 3 aliphatic rings. The second-order valence-electron chi connectivity index (χ2n) is 14.8. The molecule has 270 valence electrons. The smallest absolute Gasteiger partial charge is 0.407 e. The minimum atomic E-state index is -4.60. The van der Waals surface area contributed by atoms with Gasteiger partial charge in [-0.3, -0.25) is 4.79 Å². The summed E-state index contributed by atoms with van der Waals surface area (Å²) in [5, 5.41) is 4.08. The van der Waals surface area contributed by atoms with Crippen LogP contribution in [0.15, 0.2) is 70.0 Å². The second-order valence-corrected chi connectivity index (χ2v) is 17.4. The van der Waals surface area contributed by atoms with E-state index >= 15 is 8.78 Å². The molecule has 2 bridgehead atoms. The summed E-state index contributed by atoms with van der Waals surface area (Å²) in [6, 6.07) is 11.2. The van der Waals surface area contributed by atoms with Gasteiger partial charge in [0.2, 0.25) is 15.9 Å². The van der Waals surface area contributed by atoms with Gasteiger partial charge in [-0.15, -0.1) is 0 Å². The normalized spacial score (nSPS) is 22.0. The maximum Gasteiger partial charge on any atom is 0.407 e. The van der Waals surface area contributed by atoms with Crippen LogP contribution >= 0.6 is 15.9 Å². The van der Waals surface area contributed by atoms with Crippen molar-refractivity contribution in [1.29, 1.82) is 0 Å². The van der Waals surface area contributed by atoms with Crippen molar-refractivity contribution in [2.24, 2.45) is 5.92 Å². The highest BCUT2D eigenvalue weighted by atomic mass is 79.9. The Balaban J connectivity index is 1.26. The number of carbonyl (C=O) groups excluding carboxylic acids is 2. The number of fused-ring (bicyclic) bond motifs is 3. The molecule has 1 aliphatic carbocycles. The van der Waals surface area contributed by atoms with E-state index in [9.17, 15) is 18.0 Å². The number of hydrogen-bond donors (Lipinski definition) is 2. The molecule has 2 saturated heterocycles. The van der Waals surface area contributed by atoms with E-state index in [2.05, 4.69) is 26.0 Å². The van der Waals surface area contributed by atoms with E-state index in [1.807, 2.05) is 0 Å². The third-order valence-corrected chi connectivity index (χ3v) is 11.8. The molecule has 9 nitrogen and oxygen atoms in total. The molecule has 13 heteroatoms. The molecular weight excluding hydrogens is 732 g/mol. The molecule has 3 atom stereocenters. The topological polar surface area (TPSA) is 114 Å². The van der Waals surface area contributed by atoms with Crippen molar-refractivity contribution in [1.82, 2.24) is 14.9 Å². The van der Waals surface area contributed by atoms with Gasteiger partial charge < -0.3 is 19.7 Å². The summed E-state index contributed by atoms with van der Waals surface area (Å²) in [6.07, 6.45) is 5.68. The summed E-state index contributed by atoms with van der Waals surface area (Å²) >= 11 is 3.39. The molecule has 2 heterocycles.